The van der Waals surface area contributed by atoms with Crippen molar-refractivity contribution in [1.29, 1.82) is 0 Å². The van der Waals surface area contributed by atoms with E-state index in [4.69, 9.17) is 116 Å². The summed E-state index contributed by atoms with van der Waals surface area (Å²) in [7, 11) is 0. The topological polar surface area (TPSA) is 46.1 Å². The summed E-state index contributed by atoms with van der Waals surface area (Å²) in [6.45, 7) is 0. The molecule has 0 saturated carbocycles. The maximum absolute atomic E-state index is 11.1. The van der Waals surface area contributed by atoms with Crippen molar-refractivity contribution < 1.29 is 29.7 Å². The van der Waals surface area contributed by atoms with Crippen LogP contribution in [0.15, 0.2) is 0 Å². The van der Waals surface area contributed by atoms with Crippen LogP contribution in [0, 0.1) is 0 Å². The van der Waals surface area contributed by atoms with Crippen molar-refractivity contribution in [2.45, 2.75) is 0 Å². The average Bonchev–Trinajstić information content (AvgIpc) is 2.58. The average molecular weight is 596 g/mol. The summed E-state index contributed by atoms with van der Waals surface area (Å²) in [5.74, 6) is -1.23. The standard InChI is InChI=1S/2C6HCl5O.Zn/c2*7-1-2(8)4(10)6(12)5(11)3(1)9;/h2*12H;/q;;+2/p-2. The van der Waals surface area contributed by atoms with E-state index in [9.17, 15) is 10.2 Å². The molecule has 0 heterocycles. The van der Waals surface area contributed by atoms with Crippen LogP contribution >= 0.6 is 116 Å². The zero-order valence-corrected chi connectivity index (χ0v) is 21.8. The van der Waals surface area contributed by atoms with Crippen LogP contribution < -0.4 is 10.2 Å². The van der Waals surface area contributed by atoms with Gasteiger partial charge in [0, 0.05) is 0 Å². The first-order valence-corrected chi connectivity index (χ1v) is 9.08. The Kier molecular flexibility index (Phi) is 11.6. The predicted octanol–water partition coefficient (Wildman–Crippen LogP) is 8.05. The minimum atomic E-state index is -0.613. The van der Waals surface area contributed by atoms with Gasteiger partial charge in [0.2, 0.25) is 0 Å². The molecule has 0 radical (unpaired) electrons. The smallest absolute Gasteiger partial charge is 0.870 e. The molecule has 0 fully saturated rings. The molecule has 0 saturated heterocycles. The molecule has 0 spiro atoms. The molecule has 0 bridgehead atoms. The minimum absolute atomic E-state index is 0. The molecule has 0 aromatic heterocycles. The van der Waals surface area contributed by atoms with Gasteiger partial charge in [-0.1, -0.05) is 128 Å². The zero-order chi connectivity index (χ0) is 18.9. The first-order valence-electron chi connectivity index (χ1n) is 5.30. The van der Waals surface area contributed by atoms with E-state index in [0.717, 1.165) is 0 Å². The van der Waals surface area contributed by atoms with Crippen LogP contribution in [-0.4, -0.2) is 0 Å². The van der Waals surface area contributed by atoms with Crippen molar-refractivity contribution >= 4 is 116 Å². The van der Waals surface area contributed by atoms with Gasteiger partial charge in [0.25, 0.3) is 0 Å². The van der Waals surface area contributed by atoms with Crippen molar-refractivity contribution in [2.75, 3.05) is 0 Å². The van der Waals surface area contributed by atoms with Crippen LogP contribution in [0.3, 0.4) is 0 Å². The maximum Gasteiger partial charge on any atom is 2.00 e. The van der Waals surface area contributed by atoms with Crippen LogP contribution in [0.25, 0.3) is 0 Å². The molecule has 0 unspecified atom stereocenters. The first-order chi connectivity index (χ1) is 10.9. The predicted molar refractivity (Wildman–Crippen MR) is 102 cm³/mol. The second-order valence-electron chi connectivity index (χ2n) is 3.80. The third-order valence-electron chi connectivity index (χ3n) is 2.34. The van der Waals surface area contributed by atoms with Crippen molar-refractivity contribution in [3.8, 4) is 11.5 Å². The van der Waals surface area contributed by atoms with E-state index < -0.39 is 11.5 Å². The fourth-order valence-corrected chi connectivity index (χ4v) is 3.41. The van der Waals surface area contributed by atoms with Gasteiger partial charge >= 0.3 is 19.5 Å². The van der Waals surface area contributed by atoms with E-state index in [1.165, 1.54) is 0 Å². The van der Waals surface area contributed by atoms with Gasteiger partial charge in [-0.15, -0.1) is 0 Å². The Morgan fingerprint density at radius 1 is 0.320 bits per heavy atom. The first kappa shape index (κ1) is 26.6. The van der Waals surface area contributed by atoms with Gasteiger partial charge in [0.1, 0.15) is 0 Å². The summed E-state index contributed by atoms with van der Waals surface area (Å²) >= 11 is 55.3. The zero-order valence-electron chi connectivity index (χ0n) is 11.3. The molecule has 2 aromatic carbocycles. The van der Waals surface area contributed by atoms with Crippen LogP contribution in [0.2, 0.25) is 50.2 Å². The Morgan fingerprint density at radius 3 is 0.600 bits per heavy atom. The Labute approximate surface area is 205 Å². The Morgan fingerprint density at radius 2 is 0.440 bits per heavy atom. The molecular formula is C12Cl10O2Zn. The van der Waals surface area contributed by atoms with E-state index in [1.807, 2.05) is 0 Å². The Balaban J connectivity index is 0.000000443. The third kappa shape index (κ3) is 5.78. The second kappa shape index (κ2) is 10.9. The fraction of sp³-hybridized carbons (Fsp3) is 0. The van der Waals surface area contributed by atoms with Crippen LogP contribution in [-0.2, 0) is 19.5 Å². The van der Waals surface area contributed by atoms with Gasteiger partial charge in [0.05, 0.1) is 50.2 Å². The van der Waals surface area contributed by atoms with E-state index in [-0.39, 0.29) is 69.7 Å². The third-order valence-corrected chi connectivity index (χ3v) is 6.82. The van der Waals surface area contributed by atoms with Crippen molar-refractivity contribution in [3.05, 3.63) is 50.2 Å². The molecule has 0 atom stereocenters. The molecule has 0 aliphatic carbocycles. The SMILES string of the molecule is [O-]c1c(Cl)c(Cl)c(Cl)c(Cl)c1Cl.[O-]c1c(Cl)c(Cl)c(Cl)c(Cl)c1Cl.[Zn+2]. The van der Waals surface area contributed by atoms with Gasteiger partial charge in [0.15, 0.2) is 0 Å². The van der Waals surface area contributed by atoms with Gasteiger partial charge in [-0.2, -0.15) is 0 Å². The molecule has 0 aliphatic heterocycles. The number of benzene rings is 2. The summed E-state index contributed by atoms with van der Waals surface area (Å²) in [6.07, 6.45) is 0. The van der Waals surface area contributed by atoms with Gasteiger partial charge in [-0.25, -0.2) is 0 Å². The number of halogens is 10. The molecule has 2 aromatic rings. The quantitative estimate of drug-likeness (QED) is 0.176. The molecule has 132 valence electrons. The largest absolute Gasteiger partial charge is 2.00 e. The van der Waals surface area contributed by atoms with Gasteiger partial charge in [-0.05, 0) is 0 Å². The molecule has 0 amide bonds. The Hall–Kier alpha value is 1.56. The van der Waals surface area contributed by atoms with E-state index >= 15 is 0 Å². The molecular weight excluding hydrogens is 596 g/mol. The molecule has 0 N–H and O–H groups in total. The van der Waals surface area contributed by atoms with Crippen LogP contribution in [0.5, 0.6) is 11.5 Å². The van der Waals surface area contributed by atoms with Gasteiger partial charge in [-0.3, -0.25) is 0 Å². The fourth-order valence-electron chi connectivity index (χ4n) is 1.17. The monoisotopic (exact) mass is 590 g/mol. The summed E-state index contributed by atoms with van der Waals surface area (Å²) in [4.78, 5) is 0. The summed E-state index contributed by atoms with van der Waals surface area (Å²) in [6, 6.07) is 0. The molecule has 0 aliphatic rings. The van der Waals surface area contributed by atoms with Crippen molar-refractivity contribution in [1.82, 2.24) is 0 Å². The van der Waals surface area contributed by atoms with E-state index in [2.05, 4.69) is 0 Å². The Bertz CT molecular complexity index is 534. The van der Waals surface area contributed by atoms with E-state index in [0.29, 0.717) is 0 Å². The molecule has 13 heteroatoms. The number of hydrogen-bond donors (Lipinski definition) is 0. The molecule has 2 nitrogen and oxygen atoms in total. The summed E-state index contributed by atoms with van der Waals surface area (Å²) in [5, 5.41) is 21.0. The second-order valence-corrected chi connectivity index (χ2v) is 7.58. The number of rotatable bonds is 0. The molecule has 25 heavy (non-hydrogen) atoms. The summed E-state index contributed by atoms with van der Waals surface area (Å²) in [5.41, 5.74) is 0. The molecule has 2 rings (SSSR count). The normalized spacial score (nSPS) is 10.0. The van der Waals surface area contributed by atoms with Crippen molar-refractivity contribution in [2.24, 2.45) is 0 Å². The van der Waals surface area contributed by atoms with Crippen molar-refractivity contribution in [3.63, 3.8) is 0 Å². The van der Waals surface area contributed by atoms with Crippen LogP contribution in [0.4, 0.5) is 0 Å². The van der Waals surface area contributed by atoms with Crippen LogP contribution in [0.1, 0.15) is 0 Å². The minimum Gasteiger partial charge on any atom is -0.870 e. The number of hydrogen-bond acceptors (Lipinski definition) is 2. The van der Waals surface area contributed by atoms with Gasteiger partial charge < -0.3 is 10.2 Å². The summed E-state index contributed by atoms with van der Waals surface area (Å²) < 4.78 is 0. The van der Waals surface area contributed by atoms with E-state index in [1.54, 1.807) is 0 Å². The maximum atomic E-state index is 11.1.